The number of likely N-dealkylation sites (tertiary alicyclic amines) is 1. The zero-order valence-corrected chi connectivity index (χ0v) is 18.9. The molecule has 0 amide bonds. The van der Waals surface area contributed by atoms with Crippen molar-refractivity contribution in [2.75, 3.05) is 6.54 Å². The number of carboxylic acid groups (broad SMARTS) is 1. The highest BCUT2D eigenvalue weighted by Gasteiger charge is 2.39. The lowest BCUT2D eigenvalue weighted by atomic mass is 9.94. The monoisotopic (exact) mass is 489 g/mol. The Kier molecular flexibility index (Phi) is 7.14. The van der Waals surface area contributed by atoms with E-state index in [4.69, 9.17) is 16.3 Å². The lowest BCUT2D eigenvalue weighted by molar-refractivity contribution is -0.143. The van der Waals surface area contributed by atoms with Crippen LogP contribution in [0.3, 0.4) is 0 Å². The number of hydrogen-bond acceptors (Lipinski definition) is 3. The van der Waals surface area contributed by atoms with Gasteiger partial charge in [-0.15, -0.1) is 0 Å². The van der Waals surface area contributed by atoms with E-state index in [1.807, 2.05) is 30.3 Å². The van der Waals surface area contributed by atoms with Crippen molar-refractivity contribution in [2.45, 2.75) is 37.7 Å². The molecule has 1 aliphatic heterocycles. The molecule has 1 N–H and O–H groups in total. The Hall–Kier alpha value is -3.03. The zero-order valence-electron chi connectivity index (χ0n) is 18.1. The summed E-state index contributed by atoms with van der Waals surface area (Å²) in [5, 5.41) is 9.35. The second-order valence-electron chi connectivity index (χ2n) is 8.22. The first-order chi connectivity index (χ1) is 16.2. The third kappa shape index (κ3) is 5.37. The van der Waals surface area contributed by atoms with Crippen molar-refractivity contribution in [3.05, 3.63) is 100 Å². The van der Waals surface area contributed by atoms with Crippen molar-refractivity contribution >= 4 is 17.6 Å². The van der Waals surface area contributed by atoms with Crippen LogP contribution in [0.4, 0.5) is 13.2 Å². The summed E-state index contributed by atoms with van der Waals surface area (Å²) in [6.07, 6.45) is -3.57. The van der Waals surface area contributed by atoms with E-state index >= 15 is 0 Å². The van der Waals surface area contributed by atoms with Gasteiger partial charge in [0.1, 0.15) is 18.4 Å². The second-order valence-corrected chi connectivity index (χ2v) is 8.63. The van der Waals surface area contributed by atoms with E-state index < -0.39 is 34.8 Å². The molecule has 3 aromatic rings. The fourth-order valence-corrected chi connectivity index (χ4v) is 4.61. The molecular formula is C26H23ClF3NO3. The van der Waals surface area contributed by atoms with Gasteiger partial charge in [-0.1, -0.05) is 60.1 Å². The highest BCUT2D eigenvalue weighted by molar-refractivity contribution is 6.31. The highest BCUT2D eigenvalue weighted by Crippen LogP contribution is 2.41. The normalized spacial score (nSPS) is 17.5. The minimum atomic E-state index is -4.63. The molecule has 2 unspecified atom stereocenters. The SMILES string of the molecule is O=C(O)C1CCCN1C(c1cccc(OCc2ccccc2)c1)c1ccc(Cl)c(C(F)(F)F)c1. The van der Waals surface area contributed by atoms with Crippen LogP contribution in [0.5, 0.6) is 5.75 Å². The average Bonchev–Trinajstić information content (AvgIpc) is 3.29. The van der Waals surface area contributed by atoms with Gasteiger partial charge in [-0.2, -0.15) is 13.2 Å². The van der Waals surface area contributed by atoms with Gasteiger partial charge in [0.25, 0.3) is 0 Å². The third-order valence-electron chi connectivity index (χ3n) is 5.94. The number of rotatable bonds is 7. The van der Waals surface area contributed by atoms with Crippen LogP contribution in [0, 0.1) is 0 Å². The van der Waals surface area contributed by atoms with E-state index in [9.17, 15) is 23.1 Å². The van der Waals surface area contributed by atoms with E-state index in [-0.39, 0.29) is 0 Å². The lowest BCUT2D eigenvalue weighted by Crippen LogP contribution is -2.39. The van der Waals surface area contributed by atoms with Crippen LogP contribution in [-0.4, -0.2) is 28.6 Å². The zero-order chi connectivity index (χ0) is 24.3. The van der Waals surface area contributed by atoms with Gasteiger partial charge >= 0.3 is 12.1 Å². The number of carboxylic acids is 1. The smallest absolute Gasteiger partial charge is 0.417 e. The van der Waals surface area contributed by atoms with Gasteiger partial charge in [0.05, 0.1) is 16.6 Å². The van der Waals surface area contributed by atoms with Crippen LogP contribution < -0.4 is 4.74 Å². The van der Waals surface area contributed by atoms with Crippen molar-refractivity contribution in [2.24, 2.45) is 0 Å². The van der Waals surface area contributed by atoms with Crippen LogP contribution in [0.2, 0.25) is 5.02 Å². The lowest BCUT2D eigenvalue weighted by Gasteiger charge is -2.32. The quantitative estimate of drug-likeness (QED) is 0.407. The predicted octanol–water partition coefficient (Wildman–Crippen LogP) is 6.58. The predicted molar refractivity (Wildman–Crippen MR) is 123 cm³/mol. The maximum Gasteiger partial charge on any atom is 0.417 e. The van der Waals surface area contributed by atoms with Gasteiger partial charge in [-0.3, -0.25) is 9.69 Å². The Morgan fingerprint density at radius 2 is 1.79 bits per heavy atom. The largest absolute Gasteiger partial charge is 0.489 e. The Morgan fingerprint density at radius 1 is 1.06 bits per heavy atom. The minimum Gasteiger partial charge on any atom is -0.489 e. The molecule has 0 aromatic heterocycles. The van der Waals surface area contributed by atoms with E-state index in [2.05, 4.69) is 0 Å². The highest BCUT2D eigenvalue weighted by atomic mass is 35.5. The summed E-state index contributed by atoms with van der Waals surface area (Å²) in [6.45, 7) is 0.774. The van der Waals surface area contributed by atoms with Crippen LogP contribution in [0.15, 0.2) is 72.8 Å². The standard InChI is InChI=1S/C26H23ClF3NO3/c27-22-12-11-19(15-21(22)26(28,29)30)24(31-13-5-10-23(31)25(32)33)18-8-4-9-20(14-18)34-16-17-6-2-1-3-7-17/h1-4,6-9,11-12,14-15,23-24H,5,10,13,16H2,(H,32,33). The second kappa shape index (κ2) is 10.1. The van der Waals surface area contributed by atoms with Gasteiger partial charge in [0.15, 0.2) is 0 Å². The average molecular weight is 490 g/mol. The molecule has 2 atom stereocenters. The molecule has 0 radical (unpaired) electrons. The van der Waals surface area contributed by atoms with E-state index in [0.717, 1.165) is 11.6 Å². The van der Waals surface area contributed by atoms with Crippen LogP contribution in [-0.2, 0) is 17.6 Å². The third-order valence-corrected chi connectivity index (χ3v) is 6.27. The summed E-state index contributed by atoms with van der Waals surface area (Å²) >= 11 is 5.85. The van der Waals surface area contributed by atoms with Crippen LogP contribution in [0.1, 0.15) is 41.1 Å². The van der Waals surface area contributed by atoms with Crippen molar-refractivity contribution in [3.63, 3.8) is 0 Å². The number of benzene rings is 3. The van der Waals surface area contributed by atoms with E-state index in [1.165, 1.54) is 12.1 Å². The fourth-order valence-electron chi connectivity index (χ4n) is 4.38. The molecule has 178 valence electrons. The van der Waals surface area contributed by atoms with Crippen molar-refractivity contribution in [3.8, 4) is 5.75 Å². The molecule has 0 saturated carbocycles. The molecule has 1 aliphatic rings. The van der Waals surface area contributed by atoms with Gasteiger partial charge in [-0.05, 0) is 53.8 Å². The van der Waals surface area contributed by atoms with E-state index in [1.54, 1.807) is 29.2 Å². The van der Waals surface area contributed by atoms with Crippen LogP contribution in [0.25, 0.3) is 0 Å². The summed E-state index contributed by atoms with van der Waals surface area (Å²) < 4.78 is 46.7. The molecule has 1 saturated heterocycles. The number of nitrogens with zero attached hydrogens (tertiary/aromatic N) is 1. The molecule has 34 heavy (non-hydrogen) atoms. The molecule has 8 heteroatoms. The maximum atomic E-state index is 13.6. The van der Waals surface area contributed by atoms with Crippen molar-refractivity contribution in [1.82, 2.24) is 4.90 Å². The van der Waals surface area contributed by atoms with Crippen molar-refractivity contribution in [1.29, 1.82) is 0 Å². The number of ether oxygens (including phenoxy) is 1. The summed E-state index contributed by atoms with van der Waals surface area (Å²) in [5.41, 5.74) is 1.00. The molecule has 0 spiro atoms. The van der Waals surface area contributed by atoms with Gasteiger partial charge in [0, 0.05) is 6.54 Å². The fraction of sp³-hybridized carbons (Fsp3) is 0.269. The van der Waals surface area contributed by atoms with Gasteiger partial charge in [0.2, 0.25) is 0 Å². The first kappa shape index (κ1) is 24.1. The number of carbonyl (C=O) groups is 1. The minimum absolute atomic E-state index is 0.324. The topological polar surface area (TPSA) is 49.8 Å². The Bertz CT molecular complexity index is 1150. The Morgan fingerprint density at radius 3 is 2.50 bits per heavy atom. The summed E-state index contributed by atoms with van der Waals surface area (Å²) in [4.78, 5) is 13.7. The number of alkyl halides is 3. The maximum absolute atomic E-state index is 13.6. The molecule has 0 aliphatic carbocycles. The molecule has 4 nitrogen and oxygen atoms in total. The van der Waals surface area contributed by atoms with Crippen molar-refractivity contribution < 1.29 is 27.8 Å². The Balaban J connectivity index is 1.73. The molecule has 1 fully saturated rings. The number of halogens is 4. The number of hydrogen-bond donors (Lipinski definition) is 1. The molecule has 1 heterocycles. The summed E-state index contributed by atoms with van der Waals surface area (Å²) in [6, 6.07) is 18.9. The van der Waals surface area contributed by atoms with Crippen LogP contribution >= 0.6 is 11.6 Å². The summed E-state index contributed by atoms with van der Waals surface area (Å²) in [5.74, 6) is -0.452. The first-order valence-electron chi connectivity index (χ1n) is 10.9. The summed E-state index contributed by atoms with van der Waals surface area (Å²) in [7, 11) is 0. The Labute approximate surface area is 200 Å². The van der Waals surface area contributed by atoms with Gasteiger partial charge in [-0.25, -0.2) is 0 Å². The molecule has 4 rings (SSSR count). The molecular weight excluding hydrogens is 467 g/mol. The first-order valence-corrected chi connectivity index (χ1v) is 11.2. The van der Waals surface area contributed by atoms with Gasteiger partial charge < -0.3 is 9.84 Å². The van der Waals surface area contributed by atoms with E-state index in [0.29, 0.717) is 42.9 Å². The molecule has 0 bridgehead atoms. The number of aliphatic carboxylic acids is 1. The molecule has 3 aromatic carbocycles.